The Hall–Kier alpha value is -3.56. The molecule has 4 N–H and O–H groups in total. The van der Waals surface area contributed by atoms with E-state index in [9.17, 15) is 9.18 Å². The molecule has 170 valence electrons. The zero-order valence-electron chi connectivity index (χ0n) is 19.0. The molecule has 0 saturated carbocycles. The summed E-state index contributed by atoms with van der Waals surface area (Å²) in [7, 11) is 1.87. The maximum Gasteiger partial charge on any atom is 0.247 e. The molecule has 0 bridgehead atoms. The van der Waals surface area contributed by atoms with Crippen molar-refractivity contribution in [2.24, 2.45) is 16.1 Å². The number of fused-ring (bicyclic) bond motifs is 1. The van der Waals surface area contributed by atoms with E-state index in [-0.39, 0.29) is 17.4 Å². The van der Waals surface area contributed by atoms with Gasteiger partial charge in [0.2, 0.25) is 17.8 Å². The van der Waals surface area contributed by atoms with Crippen molar-refractivity contribution in [1.29, 1.82) is 0 Å². The lowest BCUT2D eigenvalue weighted by Gasteiger charge is -2.41. The second kappa shape index (κ2) is 9.29. The van der Waals surface area contributed by atoms with Gasteiger partial charge in [0.1, 0.15) is 11.7 Å². The van der Waals surface area contributed by atoms with E-state index < -0.39 is 5.95 Å². The second-order valence-electron chi connectivity index (χ2n) is 8.75. The summed E-state index contributed by atoms with van der Waals surface area (Å²) in [6, 6.07) is 2.57. The number of hydrogen-bond acceptors (Lipinski definition) is 8. The molecule has 9 nitrogen and oxygen atoms in total. The summed E-state index contributed by atoms with van der Waals surface area (Å²) >= 11 is 0. The number of nitrogens with zero attached hydrogens (tertiary/aromatic N) is 5. The molecule has 0 aromatic carbocycles. The third-order valence-electron chi connectivity index (χ3n) is 5.09. The SMILES string of the molecule is Cc1nc(NCC(C=NCc2ccc(F)nc2)=CN)nc2c1NC(=O)[C@H](C(C)(C)C)N2C. The van der Waals surface area contributed by atoms with Gasteiger partial charge in [-0.05, 0) is 24.0 Å². The van der Waals surface area contributed by atoms with Crippen LogP contribution in [-0.2, 0) is 11.3 Å². The molecule has 0 saturated heterocycles. The molecule has 1 aliphatic heterocycles. The maximum atomic E-state index is 12.9. The number of pyridine rings is 1. The van der Waals surface area contributed by atoms with Crippen LogP contribution in [0.4, 0.5) is 21.8 Å². The van der Waals surface area contributed by atoms with E-state index in [1.54, 1.807) is 12.3 Å². The van der Waals surface area contributed by atoms with Gasteiger partial charge in [0.05, 0.1) is 12.2 Å². The Morgan fingerprint density at radius 2 is 2.12 bits per heavy atom. The molecule has 10 heteroatoms. The molecule has 3 rings (SSSR count). The second-order valence-corrected chi connectivity index (χ2v) is 8.75. The number of aromatic nitrogens is 3. The lowest BCUT2D eigenvalue weighted by molar-refractivity contribution is -0.119. The first-order valence-corrected chi connectivity index (χ1v) is 10.3. The Bertz CT molecular complexity index is 1040. The number of nitrogens with two attached hydrogens (primary N) is 1. The van der Waals surface area contributed by atoms with E-state index in [1.165, 1.54) is 18.5 Å². The highest BCUT2D eigenvalue weighted by Crippen LogP contribution is 2.37. The van der Waals surface area contributed by atoms with Gasteiger partial charge < -0.3 is 21.3 Å². The highest BCUT2D eigenvalue weighted by atomic mass is 19.1. The van der Waals surface area contributed by atoms with Crippen molar-refractivity contribution in [3.05, 3.63) is 47.3 Å². The number of likely N-dealkylation sites (N-methyl/N-ethyl adjacent to an activating group) is 1. The monoisotopic (exact) mass is 440 g/mol. The molecule has 0 fully saturated rings. The Labute approximate surface area is 187 Å². The molecule has 1 atom stereocenters. The molecule has 0 aliphatic carbocycles. The van der Waals surface area contributed by atoms with Crippen LogP contribution in [0.5, 0.6) is 0 Å². The zero-order chi connectivity index (χ0) is 23.5. The van der Waals surface area contributed by atoms with E-state index in [4.69, 9.17) is 5.73 Å². The first-order chi connectivity index (χ1) is 15.1. The molecular weight excluding hydrogens is 411 g/mol. The van der Waals surface area contributed by atoms with Crippen molar-refractivity contribution in [2.45, 2.75) is 40.3 Å². The minimum atomic E-state index is -0.524. The van der Waals surface area contributed by atoms with Crippen LogP contribution in [0.3, 0.4) is 0 Å². The third kappa shape index (κ3) is 5.19. The number of carbonyl (C=O) groups is 1. The highest BCUT2D eigenvalue weighted by Gasteiger charge is 2.40. The fourth-order valence-electron chi connectivity index (χ4n) is 3.60. The average molecular weight is 441 g/mol. The van der Waals surface area contributed by atoms with Crippen molar-refractivity contribution in [3.63, 3.8) is 0 Å². The summed E-state index contributed by atoms with van der Waals surface area (Å²) < 4.78 is 12.9. The Morgan fingerprint density at radius 3 is 2.75 bits per heavy atom. The van der Waals surface area contributed by atoms with Gasteiger partial charge in [0.15, 0.2) is 5.82 Å². The number of carbonyl (C=O) groups excluding carboxylic acids is 1. The highest BCUT2D eigenvalue weighted by molar-refractivity contribution is 6.03. The van der Waals surface area contributed by atoms with Crippen LogP contribution in [0.2, 0.25) is 0 Å². The molecule has 3 heterocycles. The Kier molecular flexibility index (Phi) is 6.71. The first kappa shape index (κ1) is 23.1. The smallest absolute Gasteiger partial charge is 0.247 e. The molecule has 1 amide bonds. The van der Waals surface area contributed by atoms with Gasteiger partial charge in [0, 0.05) is 37.8 Å². The predicted molar refractivity (Wildman–Crippen MR) is 124 cm³/mol. The maximum absolute atomic E-state index is 12.9. The van der Waals surface area contributed by atoms with Gasteiger partial charge >= 0.3 is 0 Å². The Balaban J connectivity index is 1.71. The Morgan fingerprint density at radius 1 is 1.38 bits per heavy atom. The summed E-state index contributed by atoms with van der Waals surface area (Å²) in [6.45, 7) is 8.61. The molecule has 2 aromatic heterocycles. The summed E-state index contributed by atoms with van der Waals surface area (Å²) in [5, 5.41) is 6.12. The fraction of sp³-hybridized carbons (Fsp3) is 0.409. The van der Waals surface area contributed by atoms with E-state index in [1.807, 2.05) is 39.6 Å². The van der Waals surface area contributed by atoms with Gasteiger partial charge in [0.25, 0.3) is 0 Å². The van der Waals surface area contributed by atoms with Crippen LogP contribution >= 0.6 is 0 Å². The zero-order valence-corrected chi connectivity index (χ0v) is 19.0. The average Bonchev–Trinajstić information content (AvgIpc) is 2.72. The van der Waals surface area contributed by atoms with Crippen molar-refractivity contribution in [1.82, 2.24) is 15.0 Å². The van der Waals surface area contributed by atoms with Gasteiger partial charge in [-0.3, -0.25) is 9.79 Å². The number of nitrogens with one attached hydrogen (secondary N) is 2. The first-order valence-electron chi connectivity index (χ1n) is 10.3. The lowest BCUT2D eigenvalue weighted by Crippen LogP contribution is -2.53. The molecule has 0 unspecified atom stereocenters. The van der Waals surface area contributed by atoms with Gasteiger partial charge in [-0.25, -0.2) is 9.97 Å². The minimum absolute atomic E-state index is 0.0687. The number of anilines is 3. The van der Waals surface area contributed by atoms with Crippen molar-refractivity contribution in [2.75, 3.05) is 29.1 Å². The predicted octanol–water partition coefficient (Wildman–Crippen LogP) is 2.65. The van der Waals surface area contributed by atoms with Crippen LogP contribution in [0, 0.1) is 18.3 Å². The fourth-order valence-corrected chi connectivity index (χ4v) is 3.60. The molecule has 2 aromatic rings. The molecular formula is C22H29FN8O. The number of amides is 1. The van der Waals surface area contributed by atoms with Crippen LogP contribution in [-0.4, -0.2) is 46.7 Å². The number of aliphatic imine (C=N–C) groups is 1. The minimum Gasteiger partial charge on any atom is -0.404 e. The molecule has 1 aliphatic rings. The van der Waals surface area contributed by atoms with E-state index in [0.717, 1.165) is 11.1 Å². The quantitative estimate of drug-likeness (QED) is 0.466. The molecule has 32 heavy (non-hydrogen) atoms. The molecule has 0 spiro atoms. The number of aryl methyl sites for hydroxylation is 1. The van der Waals surface area contributed by atoms with Crippen LogP contribution in [0.25, 0.3) is 0 Å². The number of halogens is 1. The number of hydrogen-bond donors (Lipinski definition) is 3. The van der Waals surface area contributed by atoms with Crippen LogP contribution in [0.15, 0.2) is 35.1 Å². The van der Waals surface area contributed by atoms with Crippen LogP contribution < -0.4 is 21.3 Å². The summed E-state index contributed by atoms with van der Waals surface area (Å²) in [4.78, 5) is 31.6. The van der Waals surface area contributed by atoms with Gasteiger partial charge in [-0.1, -0.05) is 26.8 Å². The van der Waals surface area contributed by atoms with Gasteiger partial charge in [-0.2, -0.15) is 9.37 Å². The lowest BCUT2D eigenvalue weighted by atomic mass is 9.84. The van der Waals surface area contributed by atoms with E-state index in [0.29, 0.717) is 36.2 Å². The summed E-state index contributed by atoms with van der Waals surface area (Å²) in [5.41, 5.74) is 8.27. The van der Waals surface area contributed by atoms with Crippen molar-refractivity contribution < 1.29 is 9.18 Å². The number of rotatable bonds is 6. The summed E-state index contributed by atoms with van der Waals surface area (Å²) in [5.74, 6) is 0.493. The molecule has 0 radical (unpaired) electrons. The van der Waals surface area contributed by atoms with Crippen molar-refractivity contribution in [3.8, 4) is 0 Å². The third-order valence-corrected chi connectivity index (χ3v) is 5.09. The van der Waals surface area contributed by atoms with Crippen LogP contribution in [0.1, 0.15) is 32.0 Å². The van der Waals surface area contributed by atoms with E-state index in [2.05, 4.69) is 30.6 Å². The van der Waals surface area contributed by atoms with Gasteiger partial charge in [-0.15, -0.1) is 0 Å². The van der Waals surface area contributed by atoms with Crippen molar-refractivity contribution >= 4 is 29.6 Å². The largest absolute Gasteiger partial charge is 0.404 e. The normalized spacial score (nSPS) is 16.8. The topological polar surface area (TPSA) is 121 Å². The standard InChI is InChI=1S/C22H29FN8O/c1-13-17-19(31(5)18(20(32)29-17)22(2,3)4)30-21(28-13)27-12-15(8-24)10-25-9-14-6-7-16(23)26-11-14/h6-8,10-11,18H,9,12,24H2,1-5H3,(H,29,32)(H,27,28,30)/t18-/m1/s1. The van der Waals surface area contributed by atoms with E-state index >= 15 is 0 Å². The summed E-state index contributed by atoms with van der Waals surface area (Å²) in [6.07, 6.45) is 4.54.